The highest BCUT2D eigenvalue weighted by atomic mass is 127. The van der Waals surface area contributed by atoms with Crippen LogP contribution in [0.4, 0.5) is 4.39 Å². The number of sulfone groups is 1. The normalized spacial score (nSPS) is 11.8. The van der Waals surface area contributed by atoms with E-state index in [-0.39, 0.29) is 16.5 Å². The number of fused-ring (bicyclic) bond motifs is 1. The summed E-state index contributed by atoms with van der Waals surface area (Å²) in [7, 11) is -3.55. The highest BCUT2D eigenvalue weighted by Gasteiger charge is 2.22. The Labute approximate surface area is 175 Å². The lowest BCUT2D eigenvalue weighted by Crippen LogP contribution is -2.07. The first kappa shape index (κ1) is 19.0. The largest absolute Gasteiger partial charge is 0.306 e. The number of hydrogen-bond donors (Lipinski definition) is 0. The van der Waals surface area contributed by atoms with Crippen LogP contribution in [-0.2, 0) is 9.84 Å². The van der Waals surface area contributed by atoms with Crippen LogP contribution in [0.5, 0.6) is 0 Å². The fourth-order valence-electron chi connectivity index (χ4n) is 2.90. The summed E-state index contributed by atoms with van der Waals surface area (Å²) in [5, 5.41) is 0. The van der Waals surface area contributed by atoms with E-state index in [0.717, 1.165) is 3.57 Å². The van der Waals surface area contributed by atoms with E-state index in [9.17, 15) is 12.8 Å². The first-order chi connectivity index (χ1) is 13.4. The van der Waals surface area contributed by atoms with E-state index in [1.807, 2.05) is 22.7 Å². The third-order valence-electron chi connectivity index (χ3n) is 4.41. The molecule has 0 unspecified atom stereocenters. The van der Waals surface area contributed by atoms with Gasteiger partial charge in [0, 0.05) is 27.7 Å². The molecule has 8 heteroatoms. The van der Waals surface area contributed by atoms with Gasteiger partial charge in [0.1, 0.15) is 22.9 Å². The first-order valence-electron chi connectivity index (χ1n) is 8.51. The number of rotatable bonds is 4. The molecule has 1 aromatic carbocycles. The predicted molar refractivity (Wildman–Crippen MR) is 114 cm³/mol. The molecular formula is C20H15FIN3O2S. The summed E-state index contributed by atoms with van der Waals surface area (Å²) in [6, 6.07) is 11.3. The standard InChI is InChI=1S/C20H15FIN3O2S/c1-2-28(26,27)18-9-14(13-3-5-15(21)6-4-13)11-23-20(18)17-12-25-8-7-16(22)10-19(25)24-17/h3-12H,2H2,1H3. The van der Waals surface area contributed by atoms with Gasteiger partial charge in [-0.05, 0) is 58.5 Å². The number of hydrogen-bond acceptors (Lipinski definition) is 4. The number of aromatic nitrogens is 3. The van der Waals surface area contributed by atoms with E-state index >= 15 is 0 Å². The third-order valence-corrected chi connectivity index (χ3v) is 6.82. The minimum atomic E-state index is -3.55. The highest BCUT2D eigenvalue weighted by Crippen LogP contribution is 2.30. The van der Waals surface area contributed by atoms with E-state index in [2.05, 4.69) is 32.6 Å². The smallest absolute Gasteiger partial charge is 0.180 e. The number of halogens is 2. The van der Waals surface area contributed by atoms with Gasteiger partial charge in [0.25, 0.3) is 0 Å². The van der Waals surface area contributed by atoms with Crippen LogP contribution in [0.1, 0.15) is 6.92 Å². The Morgan fingerprint density at radius 2 is 1.86 bits per heavy atom. The molecule has 3 aromatic heterocycles. The zero-order valence-electron chi connectivity index (χ0n) is 14.8. The lowest BCUT2D eigenvalue weighted by atomic mass is 10.1. The Morgan fingerprint density at radius 3 is 2.57 bits per heavy atom. The van der Waals surface area contributed by atoms with Gasteiger partial charge in [-0.15, -0.1) is 0 Å². The van der Waals surface area contributed by atoms with Crippen molar-refractivity contribution < 1.29 is 12.8 Å². The Balaban J connectivity index is 1.91. The summed E-state index contributed by atoms with van der Waals surface area (Å²) in [5.74, 6) is -0.408. The van der Waals surface area contributed by atoms with Crippen molar-refractivity contribution in [3.63, 3.8) is 0 Å². The van der Waals surface area contributed by atoms with Crippen LogP contribution < -0.4 is 0 Å². The van der Waals surface area contributed by atoms with E-state index in [1.165, 1.54) is 12.1 Å². The van der Waals surface area contributed by atoms with Crippen LogP contribution in [0.2, 0.25) is 0 Å². The van der Waals surface area contributed by atoms with Crippen molar-refractivity contribution in [2.45, 2.75) is 11.8 Å². The van der Waals surface area contributed by atoms with Crippen LogP contribution in [0.15, 0.2) is 66.0 Å². The Kier molecular flexibility index (Phi) is 4.92. The number of imidazole rings is 1. The summed E-state index contributed by atoms with van der Waals surface area (Å²) < 4.78 is 41.6. The molecule has 4 aromatic rings. The topological polar surface area (TPSA) is 64.3 Å². The molecule has 142 valence electrons. The lowest BCUT2D eigenvalue weighted by molar-refractivity contribution is 0.597. The Bertz CT molecular complexity index is 1280. The predicted octanol–water partition coefficient (Wildman–Crippen LogP) is 4.60. The Morgan fingerprint density at radius 1 is 1.11 bits per heavy atom. The van der Waals surface area contributed by atoms with Crippen molar-refractivity contribution in [2.24, 2.45) is 0 Å². The monoisotopic (exact) mass is 507 g/mol. The molecule has 0 spiro atoms. The number of nitrogens with zero attached hydrogens (tertiary/aromatic N) is 3. The summed E-state index contributed by atoms with van der Waals surface area (Å²) >= 11 is 2.20. The van der Waals surface area contributed by atoms with Crippen molar-refractivity contribution >= 4 is 38.1 Å². The third kappa shape index (κ3) is 3.53. The fraction of sp³-hybridized carbons (Fsp3) is 0.100. The van der Waals surface area contributed by atoms with E-state index < -0.39 is 9.84 Å². The summed E-state index contributed by atoms with van der Waals surface area (Å²) in [5.41, 5.74) is 2.81. The van der Waals surface area contributed by atoms with Gasteiger partial charge < -0.3 is 4.40 Å². The molecule has 28 heavy (non-hydrogen) atoms. The number of benzene rings is 1. The molecule has 0 aliphatic rings. The van der Waals surface area contributed by atoms with Crippen LogP contribution in [0.3, 0.4) is 0 Å². The summed E-state index contributed by atoms with van der Waals surface area (Å²) in [4.78, 5) is 9.10. The molecule has 0 fully saturated rings. The lowest BCUT2D eigenvalue weighted by Gasteiger charge is -2.10. The molecule has 0 N–H and O–H groups in total. The minimum Gasteiger partial charge on any atom is -0.306 e. The van der Waals surface area contributed by atoms with Gasteiger partial charge in [0.2, 0.25) is 0 Å². The molecule has 0 radical (unpaired) electrons. The second-order valence-electron chi connectivity index (χ2n) is 6.22. The minimum absolute atomic E-state index is 0.0557. The zero-order valence-corrected chi connectivity index (χ0v) is 17.8. The highest BCUT2D eigenvalue weighted by molar-refractivity contribution is 14.1. The number of pyridine rings is 2. The molecule has 4 rings (SSSR count). The quantitative estimate of drug-likeness (QED) is 0.379. The molecule has 0 saturated carbocycles. The van der Waals surface area contributed by atoms with Gasteiger partial charge in [0.05, 0.1) is 10.6 Å². The van der Waals surface area contributed by atoms with Gasteiger partial charge in [-0.1, -0.05) is 19.1 Å². The van der Waals surface area contributed by atoms with Gasteiger partial charge in [-0.25, -0.2) is 17.8 Å². The van der Waals surface area contributed by atoms with Gasteiger partial charge in [0.15, 0.2) is 9.84 Å². The fourth-order valence-corrected chi connectivity index (χ4v) is 4.41. The van der Waals surface area contributed by atoms with Crippen LogP contribution in [-0.4, -0.2) is 28.5 Å². The van der Waals surface area contributed by atoms with E-state index in [4.69, 9.17) is 0 Å². The Hall–Kier alpha value is -2.33. The molecule has 0 atom stereocenters. The van der Waals surface area contributed by atoms with Gasteiger partial charge in [-0.3, -0.25) is 4.98 Å². The van der Waals surface area contributed by atoms with Gasteiger partial charge in [-0.2, -0.15) is 0 Å². The summed E-state index contributed by atoms with van der Waals surface area (Å²) in [6.45, 7) is 1.59. The molecule has 0 bridgehead atoms. The van der Waals surface area contributed by atoms with Crippen molar-refractivity contribution in [3.05, 3.63) is 70.4 Å². The van der Waals surface area contributed by atoms with Crippen molar-refractivity contribution in [1.82, 2.24) is 14.4 Å². The molecule has 0 aliphatic heterocycles. The van der Waals surface area contributed by atoms with Gasteiger partial charge >= 0.3 is 0 Å². The maximum Gasteiger partial charge on any atom is 0.180 e. The average molecular weight is 507 g/mol. The van der Waals surface area contributed by atoms with E-state index in [1.54, 1.807) is 37.5 Å². The van der Waals surface area contributed by atoms with Crippen LogP contribution >= 0.6 is 22.6 Å². The molecule has 0 amide bonds. The first-order valence-corrected chi connectivity index (χ1v) is 11.2. The second-order valence-corrected chi connectivity index (χ2v) is 9.71. The van der Waals surface area contributed by atoms with Crippen LogP contribution in [0, 0.1) is 9.39 Å². The van der Waals surface area contributed by atoms with Crippen LogP contribution in [0.25, 0.3) is 28.2 Å². The average Bonchev–Trinajstić information content (AvgIpc) is 3.11. The SMILES string of the molecule is CCS(=O)(=O)c1cc(-c2ccc(F)cc2)cnc1-c1cn2ccc(I)cc2n1. The molecule has 3 heterocycles. The summed E-state index contributed by atoms with van der Waals surface area (Å²) in [6.07, 6.45) is 5.22. The molecule has 5 nitrogen and oxygen atoms in total. The van der Waals surface area contributed by atoms with Crippen molar-refractivity contribution in [3.8, 4) is 22.5 Å². The second kappa shape index (κ2) is 7.25. The zero-order chi connectivity index (χ0) is 19.9. The molecule has 0 aliphatic carbocycles. The van der Waals surface area contributed by atoms with Crippen molar-refractivity contribution in [2.75, 3.05) is 5.75 Å². The molecular weight excluding hydrogens is 492 g/mol. The molecule has 0 saturated heterocycles. The van der Waals surface area contributed by atoms with E-state index in [0.29, 0.717) is 28.2 Å². The maximum absolute atomic E-state index is 13.2. The maximum atomic E-state index is 13.2. The van der Waals surface area contributed by atoms with Crippen molar-refractivity contribution in [1.29, 1.82) is 0 Å².